The van der Waals surface area contributed by atoms with Crippen LogP contribution >= 0.6 is 34.8 Å². The standard InChI is InChI=1S/C20H16Cl3N3O5/c21-12-1-4-14(5-2-12)24-17(27)10-31-20(30)11-7-18(28)26(9-11)25-19(29)15-6-3-13(22)8-16(15)23/h1-6,8,11H,7,9-10H2,(H,24,27)(H,25,29)/t11-/m0/s1. The Morgan fingerprint density at radius 3 is 2.39 bits per heavy atom. The summed E-state index contributed by atoms with van der Waals surface area (Å²) < 4.78 is 5.00. The van der Waals surface area contributed by atoms with Gasteiger partial charge in [-0.25, -0.2) is 0 Å². The highest BCUT2D eigenvalue weighted by Gasteiger charge is 2.37. The van der Waals surface area contributed by atoms with Gasteiger partial charge >= 0.3 is 5.97 Å². The Morgan fingerprint density at radius 2 is 1.71 bits per heavy atom. The molecule has 0 radical (unpaired) electrons. The predicted molar refractivity (Wildman–Crippen MR) is 115 cm³/mol. The van der Waals surface area contributed by atoms with Crippen molar-refractivity contribution in [1.82, 2.24) is 10.4 Å². The molecule has 1 saturated heterocycles. The van der Waals surface area contributed by atoms with Crippen LogP contribution < -0.4 is 10.7 Å². The van der Waals surface area contributed by atoms with Crippen molar-refractivity contribution in [3.8, 4) is 0 Å². The van der Waals surface area contributed by atoms with E-state index in [1.54, 1.807) is 24.3 Å². The number of ether oxygens (including phenoxy) is 1. The molecule has 1 heterocycles. The minimum Gasteiger partial charge on any atom is -0.455 e. The third kappa shape index (κ3) is 6.10. The van der Waals surface area contributed by atoms with Crippen LogP contribution in [-0.4, -0.2) is 41.9 Å². The molecule has 1 aliphatic rings. The van der Waals surface area contributed by atoms with Crippen molar-refractivity contribution in [2.45, 2.75) is 6.42 Å². The Labute approximate surface area is 192 Å². The lowest BCUT2D eigenvalue weighted by molar-refractivity contribution is -0.151. The number of hydrogen-bond donors (Lipinski definition) is 2. The molecule has 1 fully saturated rings. The number of nitrogens with one attached hydrogen (secondary N) is 2. The third-order valence-corrected chi connectivity index (χ3v) is 5.14. The average molecular weight is 485 g/mol. The number of rotatable bonds is 6. The lowest BCUT2D eigenvalue weighted by Gasteiger charge is -2.18. The van der Waals surface area contributed by atoms with Gasteiger partial charge in [0.2, 0.25) is 5.91 Å². The second-order valence-corrected chi connectivity index (χ2v) is 7.91. The Hall–Kier alpha value is -2.81. The zero-order valence-corrected chi connectivity index (χ0v) is 18.1. The Balaban J connectivity index is 1.49. The van der Waals surface area contributed by atoms with Crippen molar-refractivity contribution < 1.29 is 23.9 Å². The van der Waals surface area contributed by atoms with Gasteiger partial charge in [0.1, 0.15) is 0 Å². The van der Waals surface area contributed by atoms with Gasteiger partial charge in [0.25, 0.3) is 11.8 Å². The van der Waals surface area contributed by atoms with Crippen LogP contribution in [0.4, 0.5) is 5.69 Å². The number of hydrazine groups is 1. The topological polar surface area (TPSA) is 105 Å². The summed E-state index contributed by atoms with van der Waals surface area (Å²) >= 11 is 17.6. The average Bonchev–Trinajstić information content (AvgIpc) is 3.08. The highest BCUT2D eigenvalue weighted by Crippen LogP contribution is 2.22. The molecule has 1 atom stereocenters. The lowest BCUT2D eigenvalue weighted by atomic mass is 10.1. The molecule has 0 aromatic heterocycles. The van der Waals surface area contributed by atoms with E-state index in [0.717, 1.165) is 5.01 Å². The summed E-state index contributed by atoms with van der Waals surface area (Å²) in [6, 6.07) is 10.7. The summed E-state index contributed by atoms with van der Waals surface area (Å²) in [4.78, 5) is 48.7. The van der Waals surface area contributed by atoms with Crippen molar-refractivity contribution >= 4 is 64.2 Å². The van der Waals surface area contributed by atoms with Crippen LogP contribution in [-0.2, 0) is 19.1 Å². The highest BCUT2D eigenvalue weighted by atomic mass is 35.5. The first-order valence-corrected chi connectivity index (χ1v) is 10.1. The summed E-state index contributed by atoms with van der Waals surface area (Å²) in [5.74, 6) is -3.17. The summed E-state index contributed by atoms with van der Waals surface area (Å²) in [6.45, 7) is -0.605. The molecule has 11 heteroatoms. The van der Waals surface area contributed by atoms with E-state index in [9.17, 15) is 19.2 Å². The Kier molecular flexibility index (Phi) is 7.37. The molecular weight excluding hydrogens is 469 g/mol. The molecule has 2 N–H and O–H groups in total. The van der Waals surface area contributed by atoms with E-state index < -0.39 is 36.2 Å². The van der Waals surface area contributed by atoms with Crippen LogP contribution in [0.15, 0.2) is 42.5 Å². The number of halogens is 3. The molecule has 0 aliphatic carbocycles. The molecule has 1 aliphatic heterocycles. The summed E-state index contributed by atoms with van der Waals surface area (Å²) in [6.07, 6.45) is -0.160. The van der Waals surface area contributed by atoms with Gasteiger partial charge in [0, 0.05) is 22.2 Å². The van der Waals surface area contributed by atoms with E-state index in [-0.39, 0.29) is 23.6 Å². The zero-order chi connectivity index (χ0) is 22.5. The second kappa shape index (κ2) is 10.00. The minimum absolute atomic E-state index is 0.0899. The smallest absolute Gasteiger partial charge is 0.311 e. The Morgan fingerprint density at radius 1 is 1.03 bits per heavy atom. The maximum Gasteiger partial charge on any atom is 0.311 e. The van der Waals surface area contributed by atoms with Gasteiger partial charge < -0.3 is 10.1 Å². The molecule has 8 nitrogen and oxygen atoms in total. The van der Waals surface area contributed by atoms with Crippen LogP contribution in [0.25, 0.3) is 0 Å². The van der Waals surface area contributed by atoms with Crippen LogP contribution in [0, 0.1) is 5.92 Å². The van der Waals surface area contributed by atoms with Gasteiger partial charge in [-0.15, -0.1) is 0 Å². The van der Waals surface area contributed by atoms with Gasteiger partial charge in [0.05, 0.1) is 23.0 Å². The summed E-state index contributed by atoms with van der Waals surface area (Å²) in [5, 5.41) is 4.58. The van der Waals surface area contributed by atoms with E-state index in [1.807, 2.05) is 0 Å². The molecule has 3 rings (SSSR count). The van der Waals surface area contributed by atoms with Crippen molar-refractivity contribution in [3.05, 3.63) is 63.1 Å². The molecular formula is C20H16Cl3N3O5. The third-order valence-electron chi connectivity index (χ3n) is 4.34. The fraction of sp³-hybridized carbons (Fsp3) is 0.200. The second-order valence-electron chi connectivity index (χ2n) is 6.63. The summed E-state index contributed by atoms with van der Waals surface area (Å²) in [7, 11) is 0. The minimum atomic E-state index is -0.822. The molecule has 2 aromatic rings. The van der Waals surface area contributed by atoms with Gasteiger partial charge in [-0.2, -0.15) is 0 Å². The SMILES string of the molecule is O=C(COC(=O)[C@H]1CC(=O)N(NC(=O)c2ccc(Cl)cc2Cl)C1)Nc1ccc(Cl)cc1. The normalized spacial score (nSPS) is 15.5. The molecule has 3 amide bonds. The van der Waals surface area contributed by atoms with Crippen LogP contribution in [0.2, 0.25) is 15.1 Å². The predicted octanol–water partition coefficient (Wildman–Crippen LogP) is 3.32. The molecule has 0 spiro atoms. The number of benzene rings is 2. The maximum atomic E-state index is 12.4. The number of esters is 1. The molecule has 162 valence electrons. The molecule has 2 aromatic carbocycles. The van der Waals surface area contributed by atoms with E-state index in [2.05, 4.69) is 10.7 Å². The first-order valence-electron chi connectivity index (χ1n) is 9.01. The largest absolute Gasteiger partial charge is 0.455 e. The molecule has 31 heavy (non-hydrogen) atoms. The first kappa shape index (κ1) is 22.9. The van der Waals surface area contributed by atoms with Crippen molar-refractivity contribution in [1.29, 1.82) is 0 Å². The van der Waals surface area contributed by atoms with Gasteiger partial charge in [-0.3, -0.25) is 29.6 Å². The first-order chi connectivity index (χ1) is 14.7. The van der Waals surface area contributed by atoms with Crippen LogP contribution in [0.3, 0.4) is 0 Å². The van der Waals surface area contributed by atoms with Crippen LogP contribution in [0.5, 0.6) is 0 Å². The molecule has 0 saturated carbocycles. The maximum absolute atomic E-state index is 12.4. The number of carbonyl (C=O) groups is 4. The van der Waals surface area contributed by atoms with E-state index in [1.165, 1.54) is 18.2 Å². The summed E-state index contributed by atoms with van der Waals surface area (Å²) in [5.41, 5.74) is 3.04. The van der Waals surface area contributed by atoms with Gasteiger partial charge in [-0.1, -0.05) is 34.8 Å². The number of carbonyl (C=O) groups excluding carboxylic acids is 4. The van der Waals surface area contributed by atoms with E-state index in [0.29, 0.717) is 15.7 Å². The van der Waals surface area contributed by atoms with Gasteiger partial charge in [-0.05, 0) is 42.5 Å². The van der Waals surface area contributed by atoms with E-state index in [4.69, 9.17) is 39.5 Å². The Bertz CT molecular complexity index is 1030. The van der Waals surface area contributed by atoms with Gasteiger partial charge in [0.15, 0.2) is 6.61 Å². The lowest BCUT2D eigenvalue weighted by Crippen LogP contribution is -2.43. The highest BCUT2D eigenvalue weighted by molar-refractivity contribution is 6.36. The van der Waals surface area contributed by atoms with Crippen molar-refractivity contribution in [2.75, 3.05) is 18.5 Å². The molecule has 0 bridgehead atoms. The number of amides is 3. The number of anilines is 1. The zero-order valence-electron chi connectivity index (χ0n) is 15.9. The number of nitrogens with zero attached hydrogens (tertiary/aromatic N) is 1. The number of hydrogen-bond acceptors (Lipinski definition) is 5. The monoisotopic (exact) mass is 483 g/mol. The van der Waals surface area contributed by atoms with Crippen molar-refractivity contribution in [2.24, 2.45) is 5.92 Å². The van der Waals surface area contributed by atoms with Crippen molar-refractivity contribution in [3.63, 3.8) is 0 Å². The fourth-order valence-corrected chi connectivity index (χ4v) is 3.44. The molecule has 0 unspecified atom stereocenters. The fourth-order valence-electron chi connectivity index (χ4n) is 2.81. The van der Waals surface area contributed by atoms with Crippen LogP contribution in [0.1, 0.15) is 16.8 Å². The quantitative estimate of drug-likeness (QED) is 0.612. The van der Waals surface area contributed by atoms with E-state index >= 15 is 0 Å².